The van der Waals surface area contributed by atoms with E-state index >= 15 is 0 Å². The number of rotatable bonds is 6. The van der Waals surface area contributed by atoms with Crippen LogP contribution < -0.4 is 11.1 Å². The Hall–Kier alpha value is -0.680. The van der Waals surface area contributed by atoms with Gasteiger partial charge in [-0.3, -0.25) is 0 Å². The summed E-state index contributed by atoms with van der Waals surface area (Å²) in [5.74, 6) is 2.85. The fourth-order valence-electron chi connectivity index (χ4n) is 0.991. The van der Waals surface area contributed by atoms with E-state index in [2.05, 4.69) is 32.8 Å². The van der Waals surface area contributed by atoms with E-state index in [9.17, 15) is 0 Å². The fraction of sp³-hybridized carbons (Fsp3) is 0.300. The van der Waals surface area contributed by atoms with E-state index < -0.39 is 0 Å². The predicted octanol–water partition coefficient (Wildman–Crippen LogP) is 2.76. The smallest absolute Gasteiger partial charge is 0.140 e. The van der Waals surface area contributed by atoms with Crippen LogP contribution in [-0.4, -0.2) is 23.0 Å². The third-order valence-corrected chi connectivity index (χ3v) is 3.21. The minimum Gasteiger partial charge on any atom is -0.397 e. The molecule has 0 bridgehead atoms. The van der Waals surface area contributed by atoms with Crippen molar-refractivity contribution in [2.45, 2.75) is 0 Å². The van der Waals surface area contributed by atoms with Gasteiger partial charge in [-0.1, -0.05) is 6.08 Å². The lowest BCUT2D eigenvalue weighted by Gasteiger charge is -2.07. The first-order valence-electron chi connectivity index (χ1n) is 4.57. The number of nitrogens with zero attached hydrogens (tertiary/aromatic N) is 1. The van der Waals surface area contributed by atoms with Gasteiger partial charge in [0.2, 0.25) is 0 Å². The number of hydrogen-bond donors (Lipinski definition) is 2. The second-order valence-corrected chi connectivity index (χ2v) is 4.89. The van der Waals surface area contributed by atoms with E-state index in [1.54, 1.807) is 6.20 Å². The average Bonchev–Trinajstić information content (AvgIpc) is 2.20. The summed E-state index contributed by atoms with van der Waals surface area (Å²) < 4.78 is 0.899. The van der Waals surface area contributed by atoms with Gasteiger partial charge in [0.25, 0.3) is 0 Å². The Balaban J connectivity index is 2.34. The maximum Gasteiger partial charge on any atom is 0.140 e. The number of anilines is 2. The van der Waals surface area contributed by atoms with Crippen molar-refractivity contribution in [3.8, 4) is 0 Å². The number of pyridine rings is 1. The van der Waals surface area contributed by atoms with Gasteiger partial charge in [0.05, 0.1) is 16.4 Å². The van der Waals surface area contributed by atoms with Gasteiger partial charge in [-0.25, -0.2) is 4.98 Å². The van der Waals surface area contributed by atoms with Crippen LogP contribution in [0.3, 0.4) is 0 Å². The maximum absolute atomic E-state index is 5.59. The van der Waals surface area contributed by atoms with Crippen molar-refractivity contribution in [3.05, 3.63) is 29.4 Å². The molecule has 1 aromatic rings. The Morgan fingerprint density at radius 3 is 3.13 bits per heavy atom. The number of nitrogens with two attached hydrogens (primary N) is 1. The topological polar surface area (TPSA) is 50.9 Å². The van der Waals surface area contributed by atoms with E-state index in [0.29, 0.717) is 5.69 Å². The predicted molar refractivity (Wildman–Crippen MR) is 72.4 cm³/mol. The highest BCUT2D eigenvalue weighted by atomic mass is 79.9. The van der Waals surface area contributed by atoms with Gasteiger partial charge < -0.3 is 11.1 Å². The number of hydrogen-bond acceptors (Lipinski definition) is 4. The molecule has 0 saturated heterocycles. The zero-order valence-electron chi connectivity index (χ0n) is 8.37. The molecular weight excluding hydrogens is 274 g/mol. The molecule has 0 aliphatic heterocycles. The summed E-state index contributed by atoms with van der Waals surface area (Å²) in [6, 6.07) is 1.84. The summed E-state index contributed by atoms with van der Waals surface area (Å²) in [5.41, 5.74) is 6.25. The molecule has 3 N–H and O–H groups in total. The number of nitrogen functional groups attached to an aromatic ring is 1. The van der Waals surface area contributed by atoms with Gasteiger partial charge in [0.15, 0.2) is 0 Å². The van der Waals surface area contributed by atoms with E-state index in [0.717, 1.165) is 28.3 Å². The molecule has 0 radical (unpaired) electrons. The zero-order valence-corrected chi connectivity index (χ0v) is 10.8. The van der Waals surface area contributed by atoms with E-state index in [4.69, 9.17) is 5.73 Å². The van der Waals surface area contributed by atoms with Crippen molar-refractivity contribution in [3.63, 3.8) is 0 Å². The Labute approximate surface area is 103 Å². The van der Waals surface area contributed by atoms with Crippen LogP contribution in [0.25, 0.3) is 0 Å². The van der Waals surface area contributed by atoms with Crippen molar-refractivity contribution >= 4 is 39.2 Å². The summed E-state index contributed by atoms with van der Waals surface area (Å²) in [5, 5.41) is 3.23. The number of thioether (sulfide) groups is 1. The van der Waals surface area contributed by atoms with E-state index in [1.807, 2.05) is 23.9 Å². The molecule has 3 nitrogen and oxygen atoms in total. The molecule has 0 saturated carbocycles. The molecule has 1 heterocycles. The molecule has 0 atom stereocenters. The van der Waals surface area contributed by atoms with Crippen LogP contribution in [0.15, 0.2) is 29.4 Å². The summed E-state index contributed by atoms with van der Waals surface area (Å²) in [7, 11) is 0. The van der Waals surface area contributed by atoms with E-state index in [1.165, 1.54) is 0 Å². The second-order valence-electron chi connectivity index (χ2n) is 2.89. The molecule has 82 valence electrons. The van der Waals surface area contributed by atoms with Crippen molar-refractivity contribution in [2.24, 2.45) is 0 Å². The van der Waals surface area contributed by atoms with Gasteiger partial charge in [-0.05, 0) is 22.0 Å². The third-order valence-electron chi connectivity index (χ3n) is 1.64. The SMILES string of the molecule is C=CCSCCNc1ncc(N)cc1Br. The Morgan fingerprint density at radius 2 is 2.47 bits per heavy atom. The Kier molecular flexibility index (Phi) is 5.57. The number of halogens is 1. The lowest BCUT2D eigenvalue weighted by Crippen LogP contribution is -2.06. The van der Waals surface area contributed by atoms with Crippen LogP contribution in [0.4, 0.5) is 11.5 Å². The first kappa shape index (κ1) is 12.4. The molecule has 1 aromatic heterocycles. The highest BCUT2D eigenvalue weighted by Crippen LogP contribution is 2.21. The first-order valence-corrected chi connectivity index (χ1v) is 6.52. The third kappa shape index (κ3) is 4.57. The molecule has 0 amide bonds. The summed E-state index contributed by atoms with van der Waals surface area (Å²) in [4.78, 5) is 4.18. The van der Waals surface area contributed by atoms with Crippen LogP contribution >= 0.6 is 27.7 Å². The average molecular weight is 288 g/mol. The largest absolute Gasteiger partial charge is 0.397 e. The molecular formula is C10H14BrN3S. The minimum absolute atomic E-state index is 0.661. The number of aromatic nitrogens is 1. The fourth-order valence-corrected chi connectivity index (χ4v) is 2.08. The Bertz CT molecular complexity index is 330. The van der Waals surface area contributed by atoms with Gasteiger partial charge in [-0.2, -0.15) is 11.8 Å². The van der Waals surface area contributed by atoms with Gasteiger partial charge in [0.1, 0.15) is 5.82 Å². The highest BCUT2D eigenvalue weighted by Gasteiger charge is 2.00. The highest BCUT2D eigenvalue weighted by molar-refractivity contribution is 9.10. The molecule has 0 aliphatic rings. The van der Waals surface area contributed by atoms with Crippen LogP contribution in [0.2, 0.25) is 0 Å². The standard InChI is InChI=1S/C10H14BrN3S/c1-2-4-15-5-3-13-10-9(11)6-8(12)7-14-10/h2,6-7H,1,3-5,12H2,(H,13,14). The van der Waals surface area contributed by atoms with E-state index in [-0.39, 0.29) is 0 Å². The quantitative estimate of drug-likeness (QED) is 0.624. The normalized spacial score (nSPS) is 9.93. The van der Waals surface area contributed by atoms with Gasteiger partial charge >= 0.3 is 0 Å². The van der Waals surface area contributed by atoms with Crippen molar-refractivity contribution < 1.29 is 0 Å². The molecule has 1 rings (SSSR count). The van der Waals surface area contributed by atoms with Gasteiger partial charge in [-0.15, -0.1) is 6.58 Å². The molecule has 0 unspecified atom stereocenters. The second kappa shape index (κ2) is 6.74. The minimum atomic E-state index is 0.661. The molecule has 0 aromatic carbocycles. The van der Waals surface area contributed by atoms with Gasteiger partial charge in [0, 0.05) is 18.1 Å². The lowest BCUT2D eigenvalue weighted by molar-refractivity contribution is 1.16. The molecule has 0 aliphatic carbocycles. The summed E-state index contributed by atoms with van der Waals surface area (Å²) >= 11 is 5.24. The summed E-state index contributed by atoms with van der Waals surface area (Å²) in [6.07, 6.45) is 3.55. The van der Waals surface area contributed by atoms with Crippen LogP contribution in [0.1, 0.15) is 0 Å². The van der Waals surface area contributed by atoms with Crippen molar-refractivity contribution in [1.82, 2.24) is 4.98 Å². The van der Waals surface area contributed by atoms with Crippen molar-refractivity contribution in [2.75, 3.05) is 29.1 Å². The Morgan fingerprint density at radius 1 is 1.67 bits per heavy atom. The molecule has 0 fully saturated rings. The first-order chi connectivity index (χ1) is 7.24. The molecule has 0 spiro atoms. The molecule has 15 heavy (non-hydrogen) atoms. The van der Waals surface area contributed by atoms with Crippen molar-refractivity contribution in [1.29, 1.82) is 0 Å². The van der Waals surface area contributed by atoms with Crippen LogP contribution in [0, 0.1) is 0 Å². The number of nitrogens with one attached hydrogen (secondary N) is 1. The monoisotopic (exact) mass is 287 g/mol. The lowest BCUT2D eigenvalue weighted by atomic mass is 10.4. The van der Waals surface area contributed by atoms with Crippen LogP contribution in [0.5, 0.6) is 0 Å². The van der Waals surface area contributed by atoms with Crippen LogP contribution in [-0.2, 0) is 0 Å². The maximum atomic E-state index is 5.59. The zero-order chi connectivity index (χ0) is 11.1. The molecule has 5 heteroatoms. The summed E-state index contributed by atoms with van der Waals surface area (Å²) in [6.45, 7) is 4.55.